The first-order valence-corrected chi connectivity index (χ1v) is 8.55. The molecule has 2 aromatic carbocycles. The number of thioether (sulfide) groups is 1. The zero-order valence-electron chi connectivity index (χ0n) is 12.0. The predicted octanol–water partition coefficient (Wildman–Crippen LogP) is 4.44. The molecule has 0 fully saturated rings. The maximum atomic E-state index is 12.4. The van der Waals surface area contributed by atoms with E-state index in [2.05, 4.69) is 26.5 Å². The Hall–Kier alpha value is -1.59. The lowest BCUT2D eigenvalue weighted by Gasteiger charge is -2.21. The second kappa shape index (κ2) is 6.26. The van der Waals surface area contributed by atoms with Gasteiger partial charge in [0, 0.05) is 22.0 Å². The van der Waals surface area contributed by atoms with Gasteiger partial charge in [-0.25, -0.2) is 0 Å². The third-order valence-electron chi connectivity index (χ3n) is 3.40. The number of hydrazone groups is 1. The van der Waals surface area contributed by atoms with Crippen molar-refractivity contribution in [3.8, 4) is 0 Å². The molecule has 5 heteroatoms. The molecule has 1 N–H and O–H groups in total. The summed E-state index contributed by atoms with van der Waals surface area (Å²) in [6.07, 6.45) is 0.388. The van der Waals surface area contributed by atoms with Crippen LogP contribution < -0.4 is 5.43 Å². The Morgan fingerprint density at radius 2 is 1.86 bits per heavy atom. The predicted molar refractivity (Wildman–Crippen MR) is 95.2 cm³/mol. The number of benzene rings is 2. The maximum absolute atomic E-state index is 12.4. The van der Waals surface area contributed by atoms with Crippen molar-refractivity contribution in [1.82, 2.24) is 5.43 Å². The number of carbonyl (C=O) groups excluding carboxylic acids is 1. The van der Waals surface area contributed by atoms with E-state index in [0.717, 1.165) is 20.6 Å². The van der Waals surface area contributed by atoms with Crippen LogP contribution in [0.2, 0.25) is 0 Å². The molecule has 0 aliphatic carbocycles. The Balaban J connectivity index is 1.69. The highest BCUT2D eigenvalue weighted by Gasteiger charge is 2.35. The molecule has 0 saturated heterocycles. The van der Waals surface area contributed by atoms with Crippen LogP contribution in [0.15, 0.2) is 64.2 Å². The average Bonchev–Trinajstić information content (AvgIpc) is 2.91. The smallest absolute Gasteiger partial charge is 0.166 e. The largest absolute Gasteiger partial charge is 0.294 e. The molecule has 22 heavy (non-hydrogen) atoms. The van der Waals surface area contributed by atoms with Gasteiger partial charge in [-0.05, 0) is 19.1 Å². The van der Waals surface area contributed by atoms with Gasteiger partial charge in [-0.3, -0.25) is 10.2 Å². The SMILES string of the molecule is C[C@]1(CC(=O)c2ccc(Br)cc2)NN=C(c2ccccc2)S1. The van der Waals surface area contributed by atoms with E-state index in [1.165, 1.54) is 0 Å². The number of nitrogens with one attached hydrogen (secondary N) is 1. The highest BCUT2D eigenvalue weighted by atomic mass is 79.9. The van der Waals surface area contributed by atoms with E-state index in [4.69, 9.17) is 0 Å². The van der Waals surface area contributed by atoms with Gasteiger partial charge in [0.05, 0.1) is 0 Å². The first kappa shape index (κ1) is 15.3. The number of nitrogens with zero attached hydrogens (tertiary/aromatic N) is 1. The van der Waals surface area contributed by atoms with Crippen LogP contribution in [-0.2, 0) is 0 Å². The van der Waals surface area contributed by atoms with E-state index in [1.807, 2.05) is 61.5 Å². The Kier molecular flexibility index (Phi) is 4.36. The molecule has 3 rings (SSSR count). The van der Waals surface area contributed by atoms with E-state index in [9.17, 15) is 4.79 Å². The highest BCUT2D eigenvalue weighted by Crippen LogP contribution is 2.35. The van der Waals surface area contributed by atoms with Crippen LogP contribution in [0.5, 0.6) is 0 Å². The van der Waals surface area contributed by atoms with Gasteiger partial charge in [0.1, 0.15) is 9.91 Å². The van der Waals surface area contributed by atoms with Gasteiger partial charge in [0.2, 0.25) is 0 Å². The second-order valence-electron chi connectivity index (χ2n) is 5.33. The zero-order chi connectivity index (χ0) is 15.6. The maximum Gasteiger partial charge on any atom is 0.166 e. The molecule has 1 atom stereocenters. The quantitative estimate of drug-likeness (QED) is 0.804. The molecule has 1 heterocycles. The molecule has 0 aromatic heterocycles. The van der Waals surface area contributed by atoms with Gasteiger partial charge >= 0.3 is 0 Å². The Morgan fingerprint density at radius 3 is 2.55 bits per heavy atom. The van der Waals surface area contributed by atoms with Crippen molar-refractivity contribution in [3.05, 3.63) is 70.2 Å². The summed E-state index contributed by atoms with van der Waals surface area (Å²) in [5.74, 6) is 0.111. The minimum Gasteiger partial charge on any atom is -0.294 e. The molecule has 0 unspecified atom stereocenters. The number of halogens is 1. The highest BCUT2D eigenvalue weighted by molar-refractivity contribution is 9.10. The van der Waals surface area contributed by atoms with Crippen molar-refractivity contribution < 1.29 is 4.79 Å². The Morgan fingerprint density at radius 1 is 1.18 bits per heavy atom. The number of ketones is 1. The number of hydrogen-bond donors (Lipinski definition) is 1. The number of carbonyl (C=O) groups is 1. The van der Waals surface area contributed by atoms with Crippen molar-refractivity contribution in [2.45, 2.75) is 18.2 Å². The summed E-state index contributed by atoms with van der Waals surface area (Å²) < 4.78 is 0.971. The minimum atomic E-state index is -0.407. The summed E-state index contributed by atoms with van der Waals surface area (Å²) in [6.45, 7) is 2.01. The standard InChI is InChI=1S/C17H15BrN2OS/c1-17(11-15(21)12-7-9-14(18)10-8-12)20-19-16(22-17)13-5-3-2-4-6-13/h2-10,20H,11H2,1H3/t17-/m0/s1. The van der Waals surface area contributed by atoms with Gasteiger partial charge in [-0.1, -0.05) is 70.2 Å². The number of rotatable bonds is 4. The average molecular weight is 375 g/mol. The summed E-state index contributed by atoms with van der Waals surface area (Å²) in [5, 5.41) is 5.31. The van der Waals surface area contributed by atoms with Crippen LogP contribution in [0, 0.1) is 0 Å². The second-order valence-corrected chi connectivity index (χ2v) is 7.74. The number of hydrogen-bond acceptors (Lipinski definition) is 4. The molecule has 0 radical (unpaired) electrons. The van der Waals surface area contributed by atoms with Crippen LogP contribution in [0.3, 0.4) is 0 Å². The Bertz CT molecular complexity index is 715. The summed E-state index contributed by atoms with van der Waals surface area (Å²) >= 11 is 4.98. The van der Waals surface area contributed by atoms with Crippen molar-refractivity contribution in [3.63, 3.8) is 0 Å². The molecule has 2 aromatic rings. The summed E-state index contributed by atoms with van der Waals surface area (Å²) in [7, 11) is 0. The van der Waals surface area contributed by atoms with Crippen LogP contribution in [0.4, 0.5) is 0 Å². The normalized spacial score (nSPS) is 20.4. The molecular formula is C17H15BrN2OS. The molecule has 0 amide bonds. The van der Waals surface area contributed by atoms with Crippen molar-refractivity contribution in [2.75, 3.05) is 0 Å². The fraction of sp³-hybridized carbons (Fsp3) is 0.176. The molecule has 0 spiro atoms. The van der Waals surface area contributed by atoms with Crippen LogP contribution in [0.1, 0.15) is 29.3 Å². The fourth-order valence-electron chi connectivity index (χ4n) is 2.25. The van der Waals surface area contributed by atoms with Gasteiger partial charge in [-0.2, -0.15) is 5.10 Å². The van der Waals surface area contributed by atoms with E-state index in [0.29, 0.717) is 6.42 Å². The van der Waals surface area contributed by atoms with Crippen LogP contribution in [-0.4, -0.2) is 15.7 Å². The molecular weight excluding hydrogens is 360 g/mol. The summed E-state index contributed by atoms with van der Waals surface area (Å²) in [5.41, 5.74) is 4.91. The molecule has 0 saturated carbocycles. The van der Waals surface area contributed by atoms with Gasteiger partial charge in [0.15, 0.2) is 5.78 Å². The first-order chi connectivity index (χ1) is 10.6. The van der Waals surface area contributed by atoms with E-state index < -0.39 is 4.87 Å². The van der Waals surface area contributed by atoms with E-state index in [-0.39, 0.29) is 5.78 Å². The van der Waals surface area contributed by atoms with Crippen LogP contribution >= 0.6 is 27.7 Å². The lowest BCUT2D eigenvalue weighted by molar-refractivity contribution is 0.0967. The lowest BCUT2D eigenvalue weighted by Crippen LogP contribution is -2.34. The first-order valence-electron chi connectivity index (χ1n) is 6.94. The van der Waals surface area contributed by atoms with Crippen molar-refractivity contribution >= 4 is 38.5 Å². The van der Waals surface area contributed by atoms with E-state index >= 15 is 0 Å². The van der Waals surface area contributed by atoms with Crippen LogP contribution in [0.25, 0.3) is 0 Å². The molecule has 0 bridgehead atoms. The van der Waals surface area contributed by atoms with E-state index in [1.54, 1.807) is 11.8 Å². The summed E-state index contributed by atoms with van der Waals surface area (Å²) in [4.78, 5) is 12.0. The van der Waals surface area contributed by atoms with Crippen molar-refractivity contribution in [2.24, 2.45) is 5.10 Å². The monoisotopic (exact) mass is 374 g/mol. The molecule has 3 nitrogen and oxygen atoms in total. The molecule has 1 aliphatic heterocycles. The topological polar surface area (TPSA) is 41.5 Å². The lowest BCUT2D eigenvalue weighted by atomic mass is 10.0. The number of Topliss-reactive ketones (excluding diaryl/α,β-unsaturated/α-hetero) is 1. The fourth-order valence-corrected chi connectivity index (χ4v) is 3.58. The minimum absolute atomic E-state index is 0.111. The van der Waals surface area contributed by atoms with Crippen molar-refractivity contribution in [1.29, 1.82) is 0 Å². The van der Waals surface area contributed by atoms with Gasteiger partial charge in [0.25, 0.3) is 0 Å². The third-order valence-corrected chi connectivity index (χ3v) is 5.14. The third kappa shape index (κ3) is 3.42. The van der Waals surface area contributed by atoms with Gasteiger partial charge in [-0.15, -0.1) is 0 Å². The molecule has 1 aliphatic rings. The van der Waals surface area contributed by atoms with Gasteiger partial charge < -0.3 is 0 Å². The Labute approximate surface area is 142 Å². The zero-order valence-corrected chi connectivity index (χ0v) is 14.4. The molecule has 112 valence electrons. The summed E-state index contributed by atoms with van der Waals surface area (Å²) in [6, 6.07) is 17.5.